The molecule has 0 fully saturated rings. The number of rotatable bonds is 4. The van der Waals surface area contributed by atoms with E-state index in [-0.39, 0.29) is 5.56 Å². The number of thiazole rings is 1. The summed E-state index contributed by atoms with van der Waals surface area (Å²) in [4.78, 5) is 21.8. The number of nitrogens with zero attached hydrogens (tertiary/aromatic N) is 3. The molecule has 0 saturated heterocycles. The van der Waals surface area contributed by atoms with Crippen LogP contribution in [0.1, 0.15) is 21.8 Å². The molecular formula is C20H16ClN3OS. The van der Waals surface area contributed by atoms with Gasteiger partial charge in [0.1, 0.15) is 0 Å². The molecule has 4 nitrogen and oxygen atoms in total. The average molecular weight is 382 g/mol. The number of hydrogen-bond donors (Lipinski definition) is 0. The number of aromatic nitrogens is 3. The SMILES string of the molecule is Cc1cccc2c(=O)n(Cc3csc(Cc4ccc(Cl)cc4)n3)cnc12. The highest BCUT2D eigenvalue weighted by atomic mass is 35.5. The molecule has 0 saturated carbocycles. The van der Waals surface area contributed by atoms with E-state index in [1.54, 1.807) is 22.2 Å². The lowest BCUT2D eigenvalue weighted by molar-refractivity contribution is 0.731. The predicted molar refractivity (Wildman–Crippen MR) is 106 cm³/mol. The minimum absolute atomic E-state index is 0.0362. The first-order chi connectivity index (χ1) is 12.6. The van der Waals surface area contributed by atoms with Gasteiger partial charge in [-0.25, -0.2) is 9.97 Å². The fourth-order valence-electron chi connectivity index (χ4n) is 2.90. The van der Waals surface area contributed by atoms with Crippen molar-refractivity contribution in [1.29, 1.82) is 0 Å². The largest absolute Gasteiger partial charge is 0.293 e. The van der Waals surface area contributed by atoms with Crippen LogP contribution in [-0.4, -0.2) is 14.5 Å². The van der Waals surface area contributed by atoms with Crippen LogP contribution in [-0.2, 0) is 13.0 Å². The molecule has 0 unspecified atom stereocenters. The van der Waals surface area contributed by atoms with E-state index < -0.39 is 0 Å². The summed E-state index contributed by atoms with van der Waals surface area (Å²) in [6.45, 7) is 2.38. The Balaban J connectivity index is 1.57. The Kier molecular flexibility index (Phi) is 4.57. The van der Waals surface area contributed by atoms with Gasteiger partial charge in [0.05, 0.1) is 34.5 Å². The molecule has 130 valence electrons. The first-order valence-corrected chi connectivity index (χ1v) is 9.48. The summed E-state index contributed by atoms with van der Waals surface area (Å²) in [6, 6.07) is 13.4. The molecule has 4 rings (SSSR count). The van der Waals surface area contributed by atoms with Crippen LogP contribution in [0.3, 0.4) is 0 Å². The fourth-order valence-corrected chi connectivity index (χ4v) is 3.85. The van der Waals surface area contributed by atoms with Crippen molar-refractivity contribution in [3.63, 3.8) is 0 Å². The van der Waals surface area contributed by atoms with Crippen molar-refractivity contribution in [1.82, 2.24) is 14.5 Å². The van der Waals surface area contributed by atoms with Gasteiger partial charge in [-0.1, -0.05) is 35.9 Å². The summed E-state index contributed by atoms with van der Waals surface area (Å²) in [5, 5.41) is 4.38. The molecule has 2 aromatic heterocycles. The molecule has 0 atom stereocenters. The molecule has 2 heterocycles. The molecular weight excluding hydrogens is 366 g/mol. The molecule has 0 bridgehead atoms. The van der Waals surface area contributed by atoms with Gasteiger partial charge >= 0.3 is 0 Å². The highest BCUT2D eigenvalue weighted by Crippen LogP contribution is 2.18. The quantitative estimate of drug-likeness (QED) is 0.524. The summed E-state index contributed by atoms with van der Waals surface area (Å²) < 4.78 is 1.61. The molecule has 0 radical (unpaired) electrons. The Morgan fingerprint density at radius 1 is 1.15 bits per heavy atom. The summed E-state index contributed by atoms with van der Waals surface area (Å²) in [5.41, 5.74) is 3.76. The van der Waals surface area contributed by atoms with Gasteiger partial charge in [-0.15, -0.1) is 11.3 Å². The number of aryl methyl sites for hydroxylation is 1. The Labute approximate surface area is 159 Å². The van der Waals surface area contributed by atoms with Crippen molar-refractivity contribution in [2.45, 2.75) is 19.9 Å². The van der Waals surface area contributed by atoms with Crippen molar-refractivity contribution in [2.75, 3.05) is 0 Å². The lowest BCUT2D eigenvalue weighted by Gasteiger charge is -2.06. The molecule has 0 aliphatic rings. The third kappa shape index (κ3) is 3.41. The average Bonchev–Trinajstić information content (AvgIpc) is 3.07. The summed E-state index contributed by atoms with van der Waals surface area (Å²) in [6.07, 6.45) is 2.36. The van der Waals surface area contributed by atoms with Crippen LogP contribution in [0.5, 0.6) is 0 Å². The maximum Gasteiger partial charge on any atom is 0.261 e. The first-order valence-electron chi connectivity index (χ1n) is 8.22. The van der Waals surface area contributed by atoms with Crippen LogP contribution in [0, 0.1) is 6.92 Å². The van der Waals surface area contributed by atoms with Crippen LogP contribution >= 0.6 is 22.9 Å². The van der Waals surface area contributed by atoms with E-state index in [1.807, 2.05) is 54.8 Å². The Morgan fingerprint density at radius 2 is 1.96 bits per heavy atom. The van der Waals surface area contributed by atoms with Crippen molar-refractivity contribution < 1.29 is 0 Å². The summed E-state index contributed by atoms with van der Waals surface area (Å²) >= 11 is 7.52. The van der Waals surface area contributed by atoms with Gasteiger partial charge < -0.3 is 0 Å². The van der Waals surface area contributed by atoms with Crippen LogP contribution < -0.4 is 5.56 Å². The van der Waals surface area contributed by atoms with E-state index in [0.717, 1.165) is 38.8 Å². The zero-order valence-corrected chi connectivity index (χ0v) is 15.7. The number of hydrogen-bond acceptors (Lipinski definition) is 4. The van der Waals surface area contributed by atoms with Crippen molar-refractivity contribution in [3.8, 4) is 0 Å². The van der Waals surface area contributed by atoms with E-state index in [4.69, 9.17) is 11.6 Å². The summed E-state index contributed by atoms with van der Waals surface area (Å²) in [7, 11) is 0. The second kappa shape index (κ2) is 7.02. The first kappa shape index (κ1) is 16.9. The second-order valence-corrected chi connectivity index (χ2v) is 7.56. The number of fused-ring (bicyclic) bond motifs is 1. The standard InChI is InChI=1S/C20H16ClN3OS/c1-13-3-2-4-17-19(13)22-12-24(20(17)25)10-16-11-26-18(23-16)9-14-5-7-15(21)8-6-14/h2-8,11-12H,9-10H2,1H3. The molecule has 0 aliphatic carbocycles. The number of para-hydroxylation sites is 1. The zero-order chi connectivity index (χ0) is 18.1. The highest BCUT2D eigenvalue weighted by molar-refractivity contribution is 7.09. The minimum atomic E-state index is -0.0362. The molecule has 0 spiro atoms. The number of halogens is 1. The van der Waals surface area contributed by atoms with Gasteiger partial charge in [-0.2, -0.15) is 0 Å². The maximum atomic E-state index is 12.7. The fraction of sp³-hybridized carbons (Fsp3) is 0.150. The topological polar surface area (TPSA) is 47.8 Å². The molecule has 0 N–H and O–H groups in total. The van der Waals surface area contributed by atoms with Crippen LogP contribution in [0.4, 0.5) is 0 Å². The maximum absolute atomic E-state index is 12.7. The van der Waals surface area contributed by atoms with Gasteiger partial charge in [0.15, 0.2) is 0 Å². The molecule has 0 aliphatic heterocycles. The smallest absolute Gasteiger partial charge is 0.261 e. The van der Waals surface area contributed by atoms with E-state index in [2.05, 4.69) is 9.97 Å². The molecule has 0 amide bonds. The van der Waals surface area contributed by atoms with Gasteiger partial charge in [0.25, 0.3) is 5.56 Å². The van der Waals surface area contributed by atoms with E-state index in [9.17, 15) is 4.79 Å². The van der Waals surface area contributed by atoms with Crippen LogP contribution in [0.2, 0.25) is 5.02 Å². The van der Waals surface area contributed by atoms with E-state index in [0.29, 0.717) is 11.9 Å². The van der Waals surface area contributed by atoms with E-state index in [1.165, 1.54) is 0 Å². The molecule has 6 heteroatoms. The van der Waals surface area contributed by atoms with Crippen molar-refractivity contribution >= 4 is 33.8 Å². The van der Waals surface area contributed by atoms with E-state index >= 15 is 0 Å². The predicted octanol–water partition coefficient (Wildman–Crippen LogP) is 4.45. The van der Waals surface area contributed by atoms with Gasteiger partial charge in [0, 0.05) is 16.8 Å². The lowest BCUT2D eigenvalue weighted by atomic mass is 10.1. The normalized spacial score (nSPS) is 11.2. The molecule has 26 heavy (non-hydrogen) atoms. The second-order valence-electron chi connectivity index (χ2n) is 6.18. The Morgan fingerprint density at radius 3 is 2.77 bits per heavy atom. The minimum Gasteiger partial charge on any atom is -0.293 e. The summed E-state index contributed by atoms with van der Waals surface area (Å²) in [5.74, 6) is 0. The highest BCUT2D eigenvalue weighted by Gasteiger charge is 2.09. The van der Waals surface area contributed by atoms with Crippen LogP contribution in [0.25, 0.3) is 10.9 Å². The third-order valence-electron chi connectivity index (χ3n) is 4.26. The van der Waals surface area contributed by atoms with Gasteiger partial charge in [0.2, 0.25) is 0 Å². The lowest BCUT2D eigenvalue weighted by Crippen LogP contribution is -2.21. The van der Waals surface area contributed by atoms with Crippen molar-refractivity contribution in [3.05, 3.63) is 91.4 Å². The van der Waals surface area contributed by atoms with Crippen LogP contribution in [0.15, 0.2) is 59.0 Å². The van der Waals surface area contributed by atoms with Crippen molar-refractivity contribution in [2.24, 2.45) is 0 Å². The van der Waals surface area contributed by atoms with Gasteiger partial charge in [-0.3, -0.25) is 9.36 Å². The Hall–Kier alpha value is -2.50. The number of benzene rings is 2. The third-order valence-corrected chi connectivity index (χ3v) is 5.41. The molecule has 4 aromatic rings. The van der Waals surface area contributed by atoms with Gasteiger partial charge in [-0.05, 0) is 36.2 Å². The Bertz CT molecular complexity index is 1130. The molecule has 2 aromatic carbocycles. The zero-order valence-electron chi connectivity index (χ0n) is 14.1. The monoisotopic (exact) mass is 381 g/mol.